The molecular weight excluding hydrogens is 190 g/mol. The SMILES string of the molecule is C1=C2CCCC2CCC1.C1CSCN1. The van der Waals surface area contributed by atoms with E-state index in [2.05, 4.69) is 11.4 Å². The van der Waals surface area contributed by atoms with E-state index in [-0.39, 0.29) is 0 Å². The Balaban J connectivity index is 0.000000128. The molecule has 0 amide bonds. The molecule has 1 saturated heterocycles. The van der Waals surface area contributed by atoms with Crippen molar-refractivity contribution in [1.29, 1.82) is 0 Å². The third-order valence-corrected chi connectivity index (χ3v) is 4.23. The first-order valence-electron chi connectivity index (χ1n) is 5.94. The molecule has 1 unspecified atom stereocenters. The number of nitrogens with one attached hydrogen (secondary N) is 1. The summed E-state index contributed by atoms with van der Waals surface area (Å²) in [6, 6.07) is 0. The van der Waals surface area contributed by atoms with Crippen LogP contribution < -0.4 is 5.32 Å². The number of fused-ring (bicyclic) bond motifs is 1. The summed E-state index contributed by atoms with van der Waals surface area (Å²) in [6.07, 6.45) is 11.2. The largest absolute Gasteiger partial charge is 0.307 e. The Morgan fingerprint density at radius 3 is 2.86 bits per heavy atom. The number of thioether (sulfide) groups is 1. The van der Waals surface area contributed by atoms with E-state index in [4.69, 9.17) is 0 Å². The molecule has 14 heavy (non-hydrogen) atoms. The van der Waals surface area contributed by atoms with E-state index in [0.29, 0.717) is 0 Å². The van der Waals surface area contributed by atoms with Gasteiger partial charge in [0.25, 0.3) is 0 Å². The van der Waals surface area contributed by atoms with Crippen molar-refractivity contribution in [3.8, 4) is 0 Å². The highest BCUT2D eigenvalue weighted by molar-refractivity contribution is 7.99. The molecule has 0 aromatic heterocycles. The Labute approximate surface area is 91.7 Å². The van der Waals surface area contributed by atoms with Gasteiger partial charge >= 0.3 is 0 Å². The average molecular weight is 211 g/mol. The Morgan fingerprint density at radius 2 is 2.21 bits per heavy atom. The minimum atomic E-state index is 1.03. The summed E-state index contributed by atoms with van der Waals surface area (Å²) in [6.45, 7) is 1.21. The number of rotatable bonds is 0. The van der Waals surface area contributed by atoms with Gasteiger partial charge in [0.1, 0.15) is 0 Å². The predicted molar refractivity (Wildman–Crippen MR) is 64.6 cm³/mol. The number of hydrogen-bond donors (Lipinski definition) is 1. The van der Waals surface area contributed by atoms with Gasteiger partial charge in [0.2, 0.25) is 0 Å². The van der Waals surface area contributed by atoms with E-state index in [9.17, 15) is 0 Å². The Kier molecular flexibility index (Phi) is 4.39. The Bertz CT molecular complexity index is 189. The monoisotopic (exact) mass is 211 g/mol. The van der Waals surface area contributed by atoms with Gasteiger partial charge in [-0.25, -0.2) is 0 Å². The first kappa shape index (κ1) is 10.6. The molecule has 0 aromatic carbocycles. The molecule has 3 aliphatic rings. The number of allylic oxidation sites excluding steroid dienone is 2. The molecule has 0 bridgehead atoms. The summed E-state index contributed by atoms with van der Waals surface area (Å²) in [5, 5.41) is 3.19. The van der Waals surface area contributed by atoms with Crippen LogP contribution in [0.3, 0.4) is 0 Å². The van der Waals surface area contributed by atoms with Gasteiger partial charge in [-0.3, -0.25) is 0 Å². The van der Waals surface area contributed by atoms with Crippen molar-refractivity contribution in [3.05, 3.63) is 11.6 Å². The molecule has 80 valence electrons. The molecule has 1 atom stereocenters. The topological polar surface area (TPSA) is 12.0 Å². The summed E-state index contributed by atoms with van der Waals surface area (Å²) < 4.78 is 0. The standard InChI is InChI=1S/C9H14.C3H7NS/c1-2-5-9-7-3-6-8(9)4-1;1-2-5-3-4-1/h4,9H,1-3,5-7H2;4H,1-3H2. The zero-order valence-electron chi connectivity index (χ0n) is 8.93. The van der Waals surface area contributed by atoms with Crippen molar-refractivity contribution in [2.75, 3.05) is 18.2 Å². The zero-order chi connectivity index (χ0) is 9.64. The van der Waals surface area contributed by atoms with E-state index >= 15 is 0 Å². The van der Waals surface area contributed by atoms with E-state index in [1.807, 2.05) is 11.8 Å². The highest BCUT2D eigenvalue weighted by atomic mass is 32.2. The van der Waals surface area contributed by atoms with E-state index in [0.717, 1.165) is 5.92 Å². The lowest BCUT2D eigenvalue weighted by atomic mass is 9.90. The normalized spacial score (nSPS) is 30.3. The quantitative estimate of drug-likeness (QED) is 0.618. The van der Waals surface area contributed by atoms with Crippen LogP contribution in [0.15, 0.2) is 11.6 Å². The van der Waals surface area contributed by atoms with Gasteiger partial charge in [0.15, 0.2) is 0 Å². The predicted octanol–water partition coefficient (Wildman–Crippen LogP) is 3.18. The van der Waals surface area contributed by atoms with Gasteiger partial charge in [0.05, 0.1) is 0 Å². The van der Waals surface area contributed by atoms with Crippen LogP contribution in [-0.2, 0) is 0 Å². The summed E-state index contributed by atoms with van der Waals surface area (Å²) in [7, 11) is 0. The molecule has 0 aromatic rings. The van der Waals surface area contributed by atoms with Crippen LogP contribution >= 0.6 is 11.8 Å². The molecule has 2 aliphatic carbocycles. The summed E-state index contributed by atoms with van der Waals surface area (Å²) in [5.41, 5.74) is 1.79. The van der Waals surface area contributed by atoms with Crippen LogP contribution in [0.1, 0.15) is 38.5 Å². The van der Waals surface area contributed by atoms with E-state index in [1.54, 1.807) is 5.57 Å². The highest BCUT2D eigenvalue weighted by Gasteiger charge is 2.21. The lowest BCUT2D eigenvalue weighted by Gasteiger charge is -2.15. The van der Waals surface area contributed by atoms with Crippen LogP contribution in [0.2, 0.25) is 0 Å². The Morgan fingerprint density at radius 1 is 1.29 bits per heavy atom. The van der Waals surface area contributed by atoms with Gasteiger partial charge in [-0.15, -0.1) is 11.8 Å². The van der Waals surface area contributed by atoms with Crippen LogP contribution in [0.4, 0.5) is 0 Å². The second-order valence-corrected chi connectivity index (χ2v) is 5.46. The fraction of sp³-hybridized carbons (Fsp3) is 0.833. The molecule has 1 nitrogen and oxygen atoms in total. The second-order valence-electron chi connectivity index (χ2n) is 4.35. The van der Waals surface area contributed by atoms with Gasteiger partial charge < -0.3 is 5.32 Å². The lowest BCUT2D eigenvalue weighted by Crippen LogP contribution is -2.04. The minimum absolute atomic E-state index is 1.03. The van der Waals surface area contributed by atoms with Gasteiger partial charge in [-0.05, 0) is 44.4 Å². The molecule has 0 radical (unpaired) electrons. The van der Waals surface area contributed by atoms with Crippen LogP contribution in [0, 0.1) is 5.92 Å². The zero-order valence-corrected chi connectivity index (χ0v) is 9.74. The van der Waals surface area contributed by atoms with Gasteiger partial charge in [0, 0.05) is 18.2 Å². The molecule has 2 fully saturated rings. The maximum Gasteiger partial charge on any atom is 0.0418 e. The average Bonchev–Trinajstić information content (AvgIpc) is 2.92. The summed E-state index contributed by atoms with van der Waals surface area (Å²) in [4.78, 5) is 0. The maximum absolute atomic E-state index is 3.19. The fourth-order valence-electron chi connectivity index (χ4n) is 2.55. The van der Waals surface area contributed by atoms with E-state index in [1.165, 1.54) is 56.7 Å². The molecule has 1 heterocycles. The molecule has 1 aliphatic heterocycles. The maximum atomic E-state index is 3.19. The molecule has 0 spiro atoms. The van der Waals surface area contributed by atoms with Gasteiger partial charge in [-0.2, -0.15) is 0 Å². The van der Waals surface area contributed by atoms with Crippen LogP contribution in [0.25, 0.3) is 0 Å². The molecule has 3 rings (SSSR count). The smallest absolute Gasteiger partial charge is 0.0418 e. The first-order chi connectivity index (χ1) is 6.97. The molecule has 1 saturated carbocycles. The van der Waals surface area contributed by atoms with Crippen LogP contribution in [-0.4, -0.2) is 18.2 Å². The van der Waals surface area contributed by atoms with Crippen molar-refractivity contribution < 1.29 is 0 Å². The lowest BCUT2D eigenvalue weighted by molar-refractivity contribution is 0.526. The van der Waals surface area contributed by atoms with Crippen molar-refractivity contribution in [3.63, 3.8) is 0 Å². The summed E-state index contributed by atoms with van der Waals surface area (Å²) >= 11 is 1.96. The molecule has 1 N–H and O–H groups in total. The summed E-state index contributed by atoms with van der Waals surface area (Å²) in [5.74, 6) is 3.50. The van der Waals surface area contributed by atoms with Crippen molar-refractivity contribution in [2.24, 2.45) is 5.92 Å². The Hall–Kier alpha value is 0.0500. The van der Waals surface area contributed by atoms with E-state index < -0.39 is 0 Å². The minimum Gasteiger partial charge on any atom is -0.307 e. The molecule has 2 heteroatoms. The first-order valence-corrected chi connectivity index (χ1v) is 7.09. The van der Waals surface area contributed by atoms with Crippen molar-refractivity contribution >= 4 is 11.8 Å². The fourth-order valence-corrected chi connectivity index (χ4v) is 3.27. The van der Waals surface area contributed by atoms with Crippen LogP contribution in [0.5, 0.6) is 0 Å². The molecular formula is C12H21NS. The van der Waals surface area contributed by atoms with Gasteiger partial charge in [-0.1, -0.05) is 11.6 Å². The second kappa shape index (κ2) is 5.82. The van der Waals surface area contributed by atoms with Crippen molar-refractivity contribution in [2.45, 2.75) is 38.5 Å². The highest BCUT2D eigenvalue weighted by Crippen LogP contribution is 2.37. The third kappa shape index (κ3) is 3.03. The number of hydrogen-bond acceptors (Lipinski definition) is 2. The van der Waals surface area contributed by atoms with Crippen molar-refractivity contribution in [1.82, 2.24) is 5.32 Å². The third-order valence-electron chi connectivity index (χ3n) is 3.33.